The fraction of sp³-hybridized carbons (Fsp3) is 0.333. The van der Waals surface area contributed by atoms with Crippen molar-refractivity contribution in [2.24, 2.45) is 41.6 Å². The van der Waals surface area contributed by atoms with Gasteiger partial charge >= 0.3 is 5.69 Å². The summed E-state index contributed by atoms with van der Waals surface area (Å²) in [4.78, 5) is 90.5. The molecule has 2 amide bonds. The number of hydrogen-bond acceptors (Lipinski definition) is 13. The zero-order chi connectivity index (χ0) is 57.3. The number of aliphatic imine (C=N–C) groups is 2. The molecule has 0 bridgehead atoms. The third-order valence-electron chi connectivity index (χ3n) is 12.7. The van der Waals surface area contributed by atoms with Crippen LogP contribution in [-0.4, -0.2) is 72.1 Å². The van der Waals surface area contributed by atoms with Gasteiger partial charge in [-0.05, 0) is 104 Å². The fourth-order valence-corrected chi connectivity index (χ4v) is 7.78. The molecule has 0 saturated carbocycles. The Morgan fingerprint density at radius 3 is 1.30 bits per heavy atom. The van der Waals surface area contributed by atoms with Crippen LogP contribution in [0.2, 0.25) is 0 Å². The van der Waals surface area contributed by atoms with Gasteiger partial charge < -0.3 is 41.2 Å². The van der Waals surface area contributed by atoms with Crippen molar-refractivity contribution >= 4 is 73.2 Å². The number of aromatic amines is 1. The molecule has 77 heavy (non-hydrogen) atoms. The fourth-order valence-electron chi connectivity index (χ4n) is 7.49. The highest BCUT2D eigenvalue weighted by Crippen LogP contribution is 2.30. The van der Waals surface area contributed by atoms with Gasteiger partial charge in [0.05, 0.1) is 23.0 Å². The lowest BCUT2D eigenvalue weighted by Crippen LogP contribution is -2.41. The minimum absolute atomic E-state index is 0.0353. The molecule has 0 radical (unpaired) electrons. The van der Waals surface area contributed by atoms with Crippen molar-refractivity contribution in [3.63, 3.8) is 0 Å². The van der Waals surface area contributed by atoms with Crippen molar-refractivity contribution in [2.45, 2.75) is 99.3 Å². The number of benzene rings is 2. The molecule has 2 aliphatic rings. The van der Waals surface area contributed by atoms with Crippen molar-refractivity contribution in [1.82, 2.24) is 30.2 Å². The number of nitrogens with two attached hydrogens (primary N) is 1. The second kappa shape index (κ2) is 25.2. The van der Waals surface area contributed by atoms with E-state index < -0.39 is 23.0 Å². The number of nitrogens with zero attached hydrogens (tertiary/aromatic N) is 7. The van der Waals surface area contributed by atoms with E-state index in [1.54, 1.807) is 71.0 Å². The van der Waals surface area contributed by atoms with Gasteiger partial charge in [-0.25, -0.2) is 33.9 Å². The van der Waals surface area contributed by atoms with E-state index >= 15 is 0 Å². The molecule has 404 valence electrons. The van der Waals surface area contributed by atoms with E-state index in [4.69, 9.17) is 5.73 Å². The number of pyridine rings is 4. The second-order valence-electron chi connectivity index (χ2n) is 20.0. The third-order valence-corrected chi connectivity index (χ3v) is 13.6. The quantitative estimate of drug-likeness (QED) is 0.156. The molecule has 0 fully saturated rings. The van der Waals surface area contributed by atoms with Gasteiger partial charge in [-0.15, -0.1) is 0 Å². The van der Waals surface area contributed by atoms with E-state index in [1.165, 1.54) is 27.8 Å². The van der Waals surface area contributed by atoms with Gasteiger partial charge in [0.2, 0.25) is 0 Å². The van der Waals surface area contributed by atoms with Crippen LogP contribution in [-0.2, 0) is 23.7 Å². The molecule has 2 aromatic carbocycles. The maximum absolute atomic E-state index is 12.2. The van der Waals surface area contributed by atoms with Crippen LogP contribution in [0.15, 0.2) is 134 Å². The number of carboxylic acids is 2. The Morgan fingerprint density at radius 2 is 0.987 bits per heavy atom. The predicted octanol–water partition coefficient (Wildman–Crippen LogP) is 4.32. The molecule has 2 aliphatic heterocycles. The molecule has 0 spiro atoms. The summed E-state index contributed by atoms with van der Waals surface area (Å²) < 4.78 is 5.66. The lowest BCUT2D eigenvalue weighted by Gasteiger charge is -2.21. The average Bonchev–Trinajstić information content (AvgIpc) is 3.87. The largest absolute Gasteiger partial charge is 0.545 e. The third kappa shape index (κ3) is 14.2. The number of para-hydroxylation sites is 2. The summed E-state index contributed by atoms with van der Waals surface area (Å²) in [5.41, 5.74) is 6.99. The van der Waals surface area contributed by atoms with Gasteiger partial charge in [0.15, 0.2) is 36.5 Å². The smallest absolute Gasteiger partial charge is 0.328 e. The van der Waals surface area contributed by atoms with Crippen molar-refractivity contribution in [2.75, 3.05) is 0 Å². The van der Waals surface area contributed by atoms with Gasteiger partial charge in [0.25, 0.3) is 17.4 Å². The molecule has 5 N–H and O–H groups in total. The minimum Gasteiger partial charge on any atom is -0.545 e. The number of H-pyrrole nitrogens is 1. The Hall–Kier alpha value is -8.10. The highest BCUT2D eigenvalue weighted by molar-refractivity contribution is 9.10. The lowest BCUT2D eigenvalue weighted by molar-refractivity contribution is -0.671. The topological polar surface area (TPSA) is 278 Å². The Balaban J connectivity index is 0.000000190. The molecule has 20 heteroatoms. The molecule has 19 nitrogen and oxygen atoms in total. The van der Waals surface area contributed by atoms with Crippen LogP contribution in [0.4, 0.5) is 0 Å². The van der Waals surface area contributed by atoms with Crippen LogP contribution in [0.3, 0.4) is 0 Å². The number of hydrogen-bond donors (Lipinski definition) is 4. The first-order valence-corrected chi connectivity index (χ1v) is 25.6. The van der Waals surface area contributed by atoms with Gasteiger partial charge in [0, 0.05) is 57.9 Å². The summed E-state index contributed by atoms with van der Waals surface area (Å²) in [6.45, 7) is 20.1. The normalized spacial score (nSPS) is 16.5. The van der Waals surface area contributed by atoms with E-state index in [2.05, 4.69) is 101 Å². The molecule has 0 aliphatic carbocycles. The SMILES string of the molecule is CC(C)C1(C)N=C(c2nc3ccccc3cc2C(=O)[O-])NC1=O.CC(C)C1(C)N=C(c2nc3ccccc3cc2C(=O)[O-])NC1=O.CC(C)N.C[n+]1ccc(-c2cc[n+](C)cc2)cc1.Cc1[nH]c(=O)n(C(C)C)c(=O)c1Br. The first-order chi connectivity index (χ1) is 36.1. The van der Waals surface area contributed by atoms with Crippen molar-refractivity contribution in [1.29, 1.82) is 0 Å². The summed E-state index contributed by atoms with van der Waals surface area (Å²) in [6, 6.07) is 26.0. The van der Waals surface area contributed by atoms with E-state index in [1.807, 2.05) is 76.9 Å². The number of aryl methyl sites for hydroxylation is 3. The Labute approximate surface area is 455 Å². The van der Waals surface area contributed by atoms with Crippen LogP contribution in [0.1, 0.15) is 113 Å². The first kappa shape index (κ1) is 59.8. The monoisotopic (exact) mass is 1110 g/mol. The van der Waals surface area contributed by atoms with Crippen LogP contribution >= 0.6 is 15.9 Å². The maximum Gasteiger partial charge on any atom is 0.328 e. The molecular formula is C57H66BrN11O8. The second-order valence-corrected chi connectivity index (χ2v) is 20.8. The standard InChI is InChI=1S/2C17H17N3O3.C12H14N2.C8H11BrN2O2.C3H9N/c2*1-9(2)17(3)16(23)19-14(20-17)13-11(15(21)22)8-10-6-4-5-7-12(10)18-13;1-13-7-3-11(4-8-13)12-5-9-14(2)10-6-12;1-4(2)11-7(12)6(9)5(3)10-8(11)13;1-3(2)4/h2*4-9H,1-3H3,(H,21,22)(H,19,20,23);3-10H,1-2H3;4H,1-3H3,(H,10,13);3H,4H2,1-2H3/q;;+2;;/p-2. The summed E-state index contributed by atoms with van der Waals surface area (Å²) in [5, 5.41) is 29.7. The molecule has 7 aromatic rings. The average molecular weight is 1110 g/mol. The summed E-state index contributed by atoms with van der Waals surface area (Å²) >= 11 is 3.13. The number of fused-ring (bicyclic) bond motifs is 2. The summed E-state index contributed by atoms with van der Waals surface area (Å²) in [7, 11) is 4.05. The molecule has 9 rings (SSSR count). The first-order valence-electron chi connectivity index (χ1n) is 24.8. The van der Waals surface area contributed by atoms with Crippen molar-refractivity contribution < 1.29 is 38.5 Å². The Morgan fingerprint density at radius 1 is 0.636 bits per heavy atom. The molecule has 7 heterocycles. The molecule has 2 atom stereocenters. The molecular weight excluding hydrogens is 1050 g/mol. The van der Waals surface area contributed by atoms with Crippen LogP contribution in [0.5, 0.6) is 0 Å². The minimum atomic E-state index is -1.35. The zero-order valence-electron chi connectivity index (χ0n) is 45.6. The van der Waals surface area contributed by atoms with E-state index in [9.17, 15) is 39.0 Å². The number of carboxylic acid groups (broad SMARTS) is 2. The van der Waals surface area contributed by atoms with E-state index in [-0.39, 0.29) is 75.1 Å². The van der Waals surface area contributed by atoms with E-state index in [0.29, 0.717) is 38.0 Å². The molecule has 0 saturated heterocycles. The van der Waals surface area contributed by atoms with Gasteiger partial charge in [0.1, 0.15) is 41.0 Å². The van der Waals surface area contributed by atoms with Gasteiger partial charge in [-0.3, -0.25) is 19.0 Å². The van der Waals surface area contributed by atoms with Crippen molar-refractivity contribution in [3.05, 3.63) is 163 Å². The zero-order valence-corrected chi connectivity index (χ0v) is 47.1. The number of halogens is 1. The predicted molar refractivity (Wildman–Crippen MR) is 296 cm³/mol. The number of amidine groups is 2. The number of nitrogens with one attached hydrogen (secondary N) is 3. The number of rotatable bonds is 8. The van der Waals surface area contributed by atoms with Crippen LogP contribution in [0.25, 0.3) is 32.9 Å². The Kier molecular flexibility index (Phi) is 19.5. The summed E-state index contributed by atoms with van der Waals surface area (Å²) in [5.74, 6) is -2.95. The van der Waals surface area contributed by atoms with Crippen molar-refractivity contribution in [3.8, 4) is 11.1 Å². The summed E-state index contributed by atoms with van der Waals surface area (Å²) in [6.07, 6.45) is 8.23. The lowest BCUT2D eigenvalue weighted by atomic mass is 9.89. The van der Waals surface area contributed by atoms with Gasteiger partial charge in [-0.1, -0.05) is 77.9 Å². The molecule has 2 unspecified atom stereocenters. The van der Waals surface area contributed by atoms with E-state index in [0.717, 1.165) is 0 Å². The number of aromatic nitrogens is 6. The Bertz CT molecular complexity index is 3330. The number of carbonyl (C=O) groups is 4. The van der Waals surface area contributed by atoms with Gasteiger partial charge in [-0.2, -0.15) is 0 Å². The molecule has 5 aromatic heterocycles. The van der Waals surface area contributed by atoms with Crippen LogP contribution < -0.4 is 47.0 Å². The highest BCUT2D eigenvalue weighted by Gasteiger charge is 2.44. The number of amides is 2. The maximum atomic E-state index is 12.2. The number of carbonyl (C=O) groups excluding carboxylic acids is 4. The van der Waals surface area contributed by atoms with Crippen LogP contribution in [0, 0.1) is 18.8 Å². The number of aromatic carboxylic acids is 2. The highest BCUT2D eigenvalue weighted by atomic mass is 79.9.